The van der Waals surface area contributed by atoms with Crippen LogP contribution >= 0.6 is 0 Å². The van der Waals surface area contributed by atoms with Crippen LogP contribution in [0, 0.1) is 33.6 Å². The lowest BCUT2D eigenvalue weighted by Gasteiger charge is -2.37. The molecular weight excluding hydrogens is 490 g/mol. The third-order valence-electron chi connectivity index (χ3n) is 6.75. The van der Waals surface area contributed by atoms with Crippen molar-refractivity contribution in [2.45, 2.75) is 99.8 Å². The molecule has 0 spiro atoms. The van der Waals surface area contributed by atoms with Crippen molar-refractivity contribution < 1.29 is 19.1 Å². The van der Waals surface area contributed by atoms with E-state index in [2.05, 4.69) is 10.6 Å². The van der Waals surface area contributed by atoms with Crippen molar-refractivity contribution in [3.63, 3.8) is 0 Å². The van der Waals surface area contributed by atoms with E-state index in [0.29, 0.717) is 13.0 Å². The number of carbonyl (C=O) groups excluding carboxylic acids is 3. The van der Waals surface area contributed by atoms with Crippen LogP contribution in [0.5, 0.6) is 0 Å². The van der Waals surface area contributed by atoms with E-state index in [1.165, 1.54) is 0 Å². The second-order valence-electron chi connectivity index (χ2n) is 11.7. The first-order valence-electron chi connectivity index (χ1n) is 13.9. The van der Waals surface area contributed by atoms with Crippen molar-refractivity contribution in [3.05, 3.63) is 64.2 Å². The SMILES string of the molecule is CCCCN(C(=O)C(NC(=O)OC(C)(C)C)C(C)C)C(C(=O)Nc1c(C)cccc1C)c1c(C)cccc1C. The number of benzene rings is 2. The normalized spacial score (nSPS) is 13.0. The fourth-order valence-electron chi connectivity index (χ4n) is 4.71. The summed E-state index contributed by atoms with van der Waals surface area (Å²) in [5.41, 5.74) is 4.57. The van der Waals surface area contributed by atoms with Gasteiger partial charge in [-0.1, -0.05) is 63.6 Å². The summed E-state index contributed by atoms with van der Waals surface area (Å²) in [4.78, 5) is 42.9. The molecule has 2 rings (SSSR count). The van der Waals surface area contributed by atoms with Crippen LogP contribution in [0.4, 0.5) is 10.5 Å². The number of hydrogen-bond donors (Lipinski definition) is 2. The van der Waals surface area contributed by atoms with Gasteiger partial charge in [0.05, 0.1) is 0 Å². The van der Waals surface area contributed by atoms with Gasteiger partial charge in [-0.2, -0.15) is 0 Å². The second kappa shape index (κ2) is 13.6. The lowest BCUT2D eigenvalue weighted by molar-refractivity contribution is -0.141. The summed E-state index contributed by atoms with van der Waals surface area (Å²) in [5, 5.41) is 5.93. The molecule has 0 heterocycles. The van der Waals surface area contributed by atoms with Gasteiger partial charge in [0, 0.05) is 12.2 Å². The van der Waals surface area contributed by atoms with Crippen LogP contribution in [0.3, 0.4) is 0 Å². The maximum absolute atomic E-state index is 14.3. The average molecular weight is 538 g/mol. The molecule has 7 nitrogen and oxygen atoms in total. The van der Waals surface area contributed by atoms with E-state index in [1.807, 2.05) is 84.9 Å². The highest BCUT2D eigenvalue weighted by atomic mass is 16.6. The van der Waals surface area contributed by atoms with E-state index in [1.54, 1.807) is 25.7 Å². The number of carbonyl (C=O) groups is 3. The highest BCUT2D eigenvalue weighted by Crippen LogP contribution is 2.31. The standard InChI is InChI=1S/C32H47N3O4/c1-11-12-19-35(30(37)26(20(2)3)34-31(38)39-32(8,9)10)28(25-21(4)15-13-16-22(25)5)29(36)33-27-23(6)17-14-18-24(27)7/h13-18,20,26,28H,11-12,19H2,1-10H3,(H,33,36)(H,34,38). The number of nitrogens with one attached hydrogen (secondary N) is 2. The molecular formula is C32H47N3O4. The Balaban J connectivity index is 2.63. The van der Waals surface area contributed by atoms with Gasteiger partial charge in [0.15, 0.2) is 0 Å². The quantitative estimate of drug-likeness (QED) is 0.350. The topological polar surface area (TPSA) is 87.7 Å². The van der Waals surface area contributed by atoms with Gasteiger partial charge in [0.1, 0.15) is 17.7 Å². The number of rotatable bonds is 10. The minimum Gasteiger partial charge on any atom is -0.444 e. The maximum atomic E-state index is 14.3. The van der Waals surface area contributed by atoms with Gasteiger partial charge in [-0.3, -0.25) is 9.59 Å². The van der Waals surface area contributed by atoms with Crippen molar-refractivity contribution in [1.29, 1.82) is 0 Å². The van der Waals surface area contributed by atoms with E-state index in [-0.39, 0.29) is 17.7 Å². The van der Waals surface area contributed by atoms with Gasteiger partial charge >= 0.3 is 6.09 Å². The number of amides is 3. The first-order valence-corrected chi connectivity index (χ1v) is 13.9. The molecule has 0 saturated heterocycles. The molecule has 0 aliphatic carbocycles. The fourth-order valence-corrected chi connectivity index (χ4v) is 4.71. The predicted octanol–water partition coefficient (Wildman–Crippen LogP) is 6.78. The zero-order valence-corrected chi connectivity index (χ0v) is 25.4. The number of ether oxygens (including phenoxy) is 1. The van der Waals surface area contributed by atoms with E-state index in [9.17, 15) is 14.4 Å². The number of alkyl carbamates (subject to hydrolysis) is 1. The van der Waals surface area contributed by atoms with Crippen LogP contribution in [0.2, 0.25) is 0 Å². The van der Waals surface area contributed by atoms with Crippen LogP contribution in [-0.4, -0.2) is 41.0 Å². The molecule has 0 bridgehead atoms. The lowest BCUT2D eigenvalue weighted by atomic mass is 9.92. The van der Waals surface area contributed by atoms with Crippen molar-refractivity contribution >= 4 is 23.6 Å². The third-order valence-corrected chi connectivity index (χ3v) is 6.75. The van der Waals surface area contributed by atoms with E-state index >= 15 is 0 Å². The molecule has 0 aliphatic rings. The first-order chi connectivity index (χ1) is 18.2. The molecule has 0 aliphatic heterocycles. The summed E-state index contributed by atoms with van der Waals surface area (Å²) in [7, 11) is 0. The molecule has 7 heteroatoms. The Kier molecular flexibility index (Phi) is 11.1. The Morgan fingerprint density at radius 3 is 1.87 bits per heavy atom. The average Bonchev–Trinajstić information content (AvgIpc) is 2.82. The molecule has 2 aromatic carbocycles. The van der Waals surface area contributed by atoms with Crippen molar-refractivity contribution in [3.8, 4) is 0 Å². The highest BCUT2D eigenvalue weighted by molar-refractivity contribution is 6.00. The van der Waals surface area contributed by atoms with Gasteiger partial charge in [-0.05, 0) is 88.6 Å². The molecule has 39 heavy (non-hydrogen) atoms. The molecule has 3 amide bonds. The van der Waals surface area contributed by atoms with Crippen LogP contribution in [-0.2, 0) is 14.3 Å². The minimum atomic E-state index is -0.883. The molecule has 2 aromatic rings. The van der Waals surface area contributed by atoms with Gasteiger partial charge in [0.25, 0.3) is 5.91 Å². The number of unbranched alkanes of at least 4 members (excludes halogenated alkanes) is 1. The fraction of sp³-hybridized carbons (Fsp3) is 0.531. The predicted molar refractivity (Wildman–Crippen MR) is 158 cm³/mol. The number of nitrogens with zero attached hydrogens (tertiary/aromatic N) is 1. The molecule has 0 saturated carbocycles. The number of aryl methyl sites for hydroxylation is 4. The summed E-state index contributed by atoms with van der Waals surface area (Å²) in [6, 6.07) is 9.99. The molecule has 2 unspecified atom stereocenters. The van der Waals surface area contributed by atoms with Crippen molar-refractivity contribution in [2.75, 3.05) is 11.9 Å². The van der Waals surface area contributed by atoms with Crippen molar-refractivity contribution in [2.24, 2.45) is 5.92 Å². The molecule has 0 fully saturated rings. The Hall–Kier alpha value is -3.35. The summed E-state index contributed by atoms with van der Waals surface area (Å²) < 4.78 is 5.47. The number of hydrogen-bond acceptors (Lipinski definition) is 4. The van der Waals surface area contributed by atoms with E-state index < -0.39 is 23.8 Å². The van der Waals surface area contributed by atoms with Gasteiger partial charge in [-0.15, -0.1) is 0 Å². The molecule has 2 N–H and O–H groups in total. The van der Waals surface area contributed by atoms with Crippen LogP contribution in [0.15, 0.2) is 36.4 Å². The Morgan fingerprint density at radius 1 is 0.897 bits per heavy atom. The lowest BCUT2D eigenvalue weighted by Crippen LogP contribution is -2.54. The van der Waals surface area contributed by atoms with Crippen LogP contribution in [0.25, 0.3) is 0 Å². The summed E-state index contributed by atoms with van der Waals surface area (Å²) in [6.07, 6.45) is 0.892. The second-order valence-corrected chi connectivity index (χ2v) is 11.7. The van der Waals surface area contributed by atoms with E-state index in [4.69, 9.17) is 4.74 Å². The van der Waals surface area contributed by atoms with Crippen LogP contribution in [0.1, 0.15) is 88.2 Å². The largest absolute Gasteiger partial charge is 0.444 e. The monoisotopic (exact) mass is 537 g/mol. The van der Waals surface area contributed by atoms with Gasteiger partial charge < -0.3 is 20.3 Å². The van der Waals surface area contributed by atoms with Crippen LogP contribution < -0.4 is 10.6 Å². The molecule has 0 aromatic heterocycles. The number of para-hydroxylation sites is 1. The molecule has 214 valence electrons. The Morgan fingerprint density at radius 2 is 1.41 bits per heavy atom. The Bertz CT molecular complexity index is 1130. The number of anilines is 1. The smallest absolute Gasteiger partial charge is 0.408 e. The molecule has 2 atom stereocenters. The highest BCUT2D eigenvalue weighted by Gasteiger charge is 2.38. The van der Waals surface area contributed by atoms with Gasteiger partial charge in [-0.25, -0.2) is 4.79 Å². The Labute approximate surface area is 234 Å². The molecule has 0 radical (unpaired) electrons. The first kappa shape index (κ1) is 31.9. The van der Waals surface area contributed by atoms with Crippen molar-refractivity contribution in [1.82, 2.24) is 10.2 Å². The summed E-state index contributed by atoms with van der Waals surface area (Å²) in [5.74, 6) is -0.822. The minimum absolute atomic E-state index is 0.227. The zero-order chi connectivity index (χ0) is 29.5. The van der Waals surface area contributed by atoms with E-state index in [0.717, 1.165) is 39.9 Å². The summed E-state index contributed by atoms with van der Waals surface area (Å²) >= 11 is 0. The third kappa shape index (κ3) is 8.57. The van der Waals surface area contributed by atoms with Gasteiger partial charge in [0.2, 0.25) is 5.91 Å². The zero-order valence-electron chi connectivity index (χ0n) is 25.4. The summed E-state index contributed by atoms with van der Waals surface area (Å²) in [6.45, 7) is 19.3. The maximum Gasteiger partial charge on any atom is 0.408 e.